The summed E-state index contributed by atoms with van der Waals surface area (Å²) >= 11 is 3.07. The number of rotatable bonds is 15. The normalized spacial score (nSPS) is 16.1. The molecule has 13 heteroatoms. The molecule has 2 aromatic rings. The van der Waals surface area contributed by atoms with Crippen LogP contribution >= 0.6 is 23.1 Å². The molecule has 1 aliphatic rings. The van der Waals surface area contributed by atoms with Crippen LogP contribution in [0.15, 0.2) is 23.8 Å². The second-order valence-electron chi connectivity index (χ2n) is 11.0. The van der Waals surface area contributed by atoms with E-state index in [0.717, 1.165) is 11.5 Å². The monoisotopic (exact) mass is 619 g/mol. The molecule has 0 aromatic carbocycles. The van der Waals surface area contributed by atoms with E-state index in [4.69, 9.17) is 9.47 Å². The van der Waals surface area contributed by atoms with Crippen LogP contribution in [0, 0.1) is 17.8 Å². The van der Waals surface area contributed by atoms with Gasteiger partial charge < -0.3 is 19.7 Å². The van der Waals surface area contributed by atoms with Gasteiger partial charge in [0.15, 0.2) is 6.10 Å². The first kappa shape index (κ1) is 33.4. The van der Waals surface area contributed by atoms with Crippen molar-refractivity contribution in [3.05, 3.63) is 40.4 Å². The molecule has 11 nitrogen and oxygen atoms in total. The topological polar surface area (TPSA) is 141 Å². The minimum Gasteiger partial charge on any atom is -0.469 e. The summed E-state index contributed by atoms with van der Waals surface area (Å²) in [6, 6.07) is 1.06. The molecule has 0 aliphatic carbocycles. The molecular formula is C29H41N5O6S2. The molecule has 230 valence electrons. The van der Waals surface area contributed by atoms with Crippen molar-refractivity contribution in [1.29, 1.82) is 0 Å². The number of hydrogen-bond donors (Lipinski definition) is 1. The van der Waals surface area contributed by atoms with E-state index in [0.29, 0.717) is 42.4 Å². The first-order valence-corrected chi connectivity index (χ1v) is 16.1. The number of amides is 2. The third-order valence-electron chi connectivity index (χ3n) is 7.25. The summed E-state index contributed by atoms with van der Waals surface area (Å²) in [5.41, 5.74) is 0.171. The van der Waals surface area contributed by atoms with E-state index in [2.05, 4.69) is 20.3 Å². The molecule has 0 radical (unpaired) electrons. The summed E-state index contributed by atoms with van der Waals surface area (Å²) in [6.07, 6.45) is 4.03. The Balaban J connectivity index is 1.75. The van der Waals surface area contributed by atoms with Crippen molar-refractivity contribution in [3.8, 4) is 0 Å². The lowest BCUT2D eigenvalue weighted by molar-refractivity contribution is -0.148. The predicted octanol–water partition coefficient (Wildman–Crippen LogP) is 3.70. The highest BCUT2D eigenvalue weighted by Gasteiger charge is 2.32. The van der Waals surface area contributed by atoms with Gasteiger partial charge in [0.25, 0.3) is 5.91 Å². The van der Waals surface area contributed by atoms with Crippen molar-refractivity contribution < 1.29 is 28.7 Å². The van der Waals surface area contributed by atoms with Crippen LogP contribution in [0.4, 0.5) is 0 Å². The molecule has 0 spiro atoms. The van der Waals surface area contributed by atoms with Crippen LogP contribution in [0.5, 0.6) is 0 Å². The maximum atomic E-state index is 13.3. The first-order valence-electron chi connectivity index (χ1n) is 14.1. The molecule has 2 aromatic heterocycles. The van der Waals surface area contributed by atoms with E-state index in [1.54, 1.807) is 42.7 Å². The minimum absolute atomic E-state index is 0.0781. The zero-order valence-electron chi connectivity index (χ0n) is 25.1. The number of nitrogens with one attached hydrogen (secondary N) is 1. The summed E-state index contributed by atoms with van der Waals surface area (Å²) in [6.45, 7) is 7.14. The highest BCUT2D eigenvalue weighted by molar-refractivity contribution is 8.00. The highest BCUT2D eigenvalue weighted by Crippen LogP contribution is 2.32. The Morgan fingerprint density at radius 2 is 1.81 bits per heavy atom. The molecule has 0 saturated carbocycles. The number of carbonyl (C=O) groups is 4. The number of hydrogen-bond acceptors (Lipinski definition) is 11. The summed E-state index contributed by atoms with van der Waals surface area (Å²) in [7, 11) is 3.13. The van der Waals surface area contributed by atoms with Gasteiger partial charge in [-0.25, -0.2) is 15.0 Å². The van der Waals surface area contributed by atoms with Gasteiger partial charge in [0.05, 0.1) is 13.0 Å². The largest absolute Gasteiger partial charge is 0.469 e. The third-order valence-corrected chi connectivity index (χ3v) is 9.60. The Morgan fingerprint density at radius 1 is 1.12 bits per heavy atom. The molecule has 1 N–H and O–H groups in total. The van der Waals surface area contributed by atoms with Gasteiger partial charge in [0.2, 0.25) is 5.91 Å². The van der Waals surface area contributed by atoms with Gasteiger partial charge >= 0.3 is 11.9 Å². The smallest absolute Gasteiger partial charge is 0.308 e. The minimum atomic E-state index is -0.719. The highest BCUT2D eigenvalue weighted by atomic mass is 32.2. The zero-order chi connectivity index (χ0) is 30.8. The number of thiazole rings is 1. The quantitative estimate of drug-likeness (QED) is 0.293. The molecule has 4 atom stereocenters. The number of methoxy groups -OCH3 is 1. The van der Waals surface area contributed by atoms with Gasteiger partial charge in [0.1, 0.15) is 16.5 Å². The average Bonchev–Trinajstić information content (AvgIpc) is 3.42. The molecule has 1 aliphatic heterocycles. The van der Waals surface area contributed by atoms with Crippen LogP contribution < -0.4 is 5.32 Å². The van der Waals surface area contributed by atoms with Crippen LogP contribution in [0.2, 0.25) is 0 Å². The van der Waals surface area contributed by atoms with Crippen LogP contribution in [0.1, 0.15) is 74.4 Å². The summed E-state index contributed by atoms with van der Waals surface area (Å²) in [5.74, 6) is 1.41. The van der Waals surface area contributed by atoms with Gasteiger partial charge in [-0.1, -0.05) is 20.8 Å². The van der Waals surface area contributed by atoms with E-state index < -0.39 is 29.9 Å². The molecule has 2 amide bonds. The van der Waals surface area contributed by atoms with E-state index in [1.165, 1.54) is 25.4 Å². The molecular weight excluding hydrogens is 578 g/mol. The Morgan fingerprint density at radius 3 is 2.38 bits per heavy atom. The molecule has 3 heterocycles. The van der Waals surface area contributed by atoms with Crippen molar-refractivity contribution in [2.24, 2.45) is 17.8 Å². The Kier molecular flexibility index (Phi) is 12.7. The second-order valence-corrected chi connectivity index (χ2v) is 13.0. The molecule has 3 rings (SSSR count). The Hall–Kier alpha value is -3.06. The lowest BCUT2D eigenvalue weighted by Crippen LogP contribution is -2.43. The maximum Gasteiger partial charge on any atom is 0.308 e. The molecule has 1 fully saturated rings. The van der Waals surface area contributed by atoms with Crippen molar-refractivity contribution in [3.63, 3.8) is 0 Å². The maximum absolute atomic E-state index is 13.3. The summed E-state index contributed by atoms with van der Waals surface area (Å²) in [5, 5.41) is 5.06. The average molecular weight is 620 g/mol. The van der Waals surface area contributed by atoms with Crippen LogP contribution in [-0.4, -0.2) is 81.4 Å². The molecule has 0 bridgehead atoms. The van der Waals surface area contributed by atoms with Crippen LogP contribution in [-0.2, 0) is 30.3 Å². The molecule has 42 heavy (non-hydrogen) atoms. The van der Waals surface area contributed by atoms with E-state index in [1.807, 2.05) is 25.6 Å². The SMILES string of the molecule is COC(=O)[C@@H](C)C[C@H](Cc1ncccn1)NC(=O)c1csc([C@@H](CC(C(C)C)N(C)C(=O)CC2CSC2)OC(C)=O)n1. The fourth-order valence-corrected chi connectivity index (χ4v) is 6.49. The third kappa shape index (κ3) is 9.75. The fraction of sp³-hybridized carbons (Fsp3) is 0.621. The van der Waals surface area contributed by atoms with E-state index in [9.17, 15) is 19.2 Å². The van der Waals surface area contributed by atoms with Gasteiger partial charge in [-0.3, -0.25) is 19.2 Å². The Bertz CT molecular complexity index is 1210. The number of thioether (sulfide) groups is 1. The standard InChI is InChI=1S/C29H41N5O6S2/c1-17(2)23(34(5)26(36)11-20-14-41-15-20)13-24(40-19(4)35)28-33-22(16-42-28)27(37)32-21(10-18(3)29(38)39-6)12-25-30-8-7-9-31-25/h7-9,16-18,20-21,23-24H,10-15H2,1-6H3,(H,32,37)/t18-,21+,23?,24+/m0/s1. The number of ether oxygens (including phenoxy) is 2. The van der Waals surface area contributed by atoms with Crippen molar-refractivity contribution >= 4 is 46.9 Å². The van der Waals surface area contributed by atoms with E-state index >= 15 is 0 Å². The van der Waals surface area contributed by atoms with E-state index in [-0.39, 0.29) is 29.5 Å². The van der Waals surface area contributed by atoms with Gasteiger partial charge in [-0.15, -0.1) is 11.3 Å². The summed E-state index contributed by atoms with van der Waals surface area (Å²) < 4.78 is 10.5. The number of esters is 2. The number of aromatic nitrogens is 3. The van der Waals surface area contributed by atoms with Crippen LogP contribution in [0.25, 0.3) is 0 Å². The summed E-state index contributed by atoms with van der Waals surface area (Å²) in [4.78, 5) is 65.2. The molecule has 1 unspecified atom stereocenters. The lowest BCUT2D eigenvalue weighted by atomic mass is 9.95. The number of carbonyl (C=O) groups excluding carboxylic acids is 4. The van der Waals surface area contributed by atoms with Crippen LogP contribution in [0.3, 0.4) is 0 Å². The molecule has 1 saturated heterocycles. The first-order chi connectivity index (χ1) is 20.0. The van der Waals surface area contributed by atoms with Crippen molar-refractivity contribution in [2.45, 2.75) is 71.6 Å². The van der Waals surface area contributed by atoms with Gasteiger partial charge in [-0.2, -0.15) is 11.8 Å². The van der Waals surface area contributed by atoms with Crippen molar-refractivity contribution in [1.82, 2.24) is 25.2 Å². The van der Waals surface area contributed by atoms with Gasteiger partial charge in [0, 0.05) is 63.1 Å². The van der Waals surface area contributed by atoms with Gasteiger partial charge in [-0.05, 0) is 35.8 Å². The van der Waals surface area contributed by atoms with Crippen molar-refractivity contribution in [2.75, 3.05) is 25.7 Å². The zero-order valence-corrected chi connectivity index (χ0v) is 26.7. The Labute approximate surface area is 255 Å². The lowest BCUT2D eigenvalue weighted by Gasteiger charge is -2.35. The predicted molar refractivity (Wildman–Crippen MR) is 161 cm³/mol. The second kappa shape index (κ2) is 16.0. The fourth-order valence-electron chi connectivity index (χ4n) is 4.85. The number of nitrogens with zero attached hydrogens (tertiary/aromatic N) is 4.